The zero-order valence-corrected chi connectivity index (χ0v) is 23.4. The van der Waals surface area contributed by atoms with E-state index in [-0.39, 0.29) is 25.2 Å². The van der Waals surface area contributed by atoms with E-state index in [1.807, 2.05) is 6.07 Å². The van der Waals surface area contributed by atoms with Gasteiger partial charge in [0, 0.05) is 20.0 Å². The molecule has 2 amide bonds. The van der Waals surface area contributed by atoms with Crippen LogP contribution in [0.2, 0.25) is 0 Å². The Morgan fingerprint density at radius 2 is 1.59 bits per heavy atom. The van der Waals surface area contributed by atoms with Gasteiger partial charge in [0.1, 0.15) is 6.10 Å². The number of hydrogen-bond acceptors (Lipinski definition) is 8. The molecule has 4 atom stereocenters. The van der Waals surface area contributed by atoms with Crippen molar-refractivity contribution in [2.45, 2.75) is 70.6 Å². The lowest BCUT2D eigenvalue weighted by Gasteiger charge is -2.28. The van der Waals surface area contributed by atoms with Crippen LogP contribution in [0.15, 0.2) is 72.8 Å². The molecule has 1 aliphatic rings. The fourth-order valence-corrected chi connectivity index (χ4v) is 4.85. The molecule has 2 aromatic rings. The molecule has 9 heteroatoms. The third kappa shape index (κ3) is 8.94. The number of carbonyl (C=O) groups is 5. The number of aliphatic hydroxyl groups is 1. The molecule has 218 valence electrons. The molecule has 1 saturated heterocycles. The SMILES string of the molecule is CC(=O)OC(C(=O)C=CC(=O)CCCCCCO)C(Cc1ccccc1)C(=O)N1C(=O)OC(c2ccccc2)C1C. The van der Waals surface area contributed by atoms with Crippen molar-refractivity contribution in [2.24, 2.45) is 5.92 Å². The highest BCUT2D eigenvalue weighted by Crippen LogP contribution is 2.34. The van der Waals surface area contributed by atoms with E-state index in [4.69, 9.17) is 14.6 Å². The second kappa shape index (κ2) is 15.6. The van der Waals surface area contributed by atoms with E-state index in [0.717, 1.165) is 36.8 Å². The van der Waals surface area contributed by atoms with Crippen LogP contribution in [0.4, 0.5) is 4.79 Å². The predicted octanol–water partition coefficient (Wildman–Crippen LogP) is 4.52. The number of aliphatic hydroxyl groups excluding tert-OH is 1. The van der Waals surface area contributed by atoms with Gasteiger partial charge in [-0.2, -0.15) is 0 Å². The molecule has 9 nitrogen and oxygen atoms in total. The van der Waals surface area contributed by atoms with Crippen molar-refractivity contribution in [1.82, 2.24) is 4.90 Å². The number of cyclic esters (lactones) is 1. The first kappa shape index (κ1) is 31.4. The van der Waals surface area contributed by atoms with Crippen LogP contribution in [0.25, 0.3) is 0 Å². The number of carbonyl (C=O) groups excluding carboxylic acids is 5. The lowest BCUT2D eigenvalue weighted by Crippen LogP contribution is -2.48. The molecule has 0 bridgehead atoms. The summed E-state index contributed by atoms with van der Waals surface area (Å²) in [4.78, 5) is 65.8. The van der Waals surface area contributed by atoms with Crippen molar-refractivity contribution in [3.8, 4) is 0 Å². The van der Waals surface area contributed by atoms with Crippen molar-refractivity contribution in [3.63, 3.8) is 0 Å². The molecule has 41 heavy (non-hydrogen) atoms. The summed E-state index contributed by atoms with van der Waals surface area (Å²) in [6.45, 7) is 2.91. The zero-order valence-electron chi connectivity index (χ0n) is 23.4. The molecule has 2 aromatic carbocycles. The first-order chi connectivity index (χ1) is 19.7. The molecule has 3 rings (SSSR count). The summed E-state index contributed by atoms with van der Waals surface area (Å²) in [7, 11) is 0. The van der Waals surface area contributed by atoms with Crippen LogP contribution >= 0.6 is 0 Å². The third-order valence-electron chi connectivity index (χ3n) is 6.95. The van der Waals surface area contributed by atoms with Gasteiger partial charge in [-0.05, 0) is 49.5 Å². The summed E-state index contributed by atoms with van der Waals surface area (Å²) in [6, 6.07) is 17.2. The summed E-state index contributed by atoms with van der Waals surface area (Å²) >= 11 is 0. The van der Waals surface area contributed by atoms with Gasteiger partial charge < -0.3 is 14.6 Å². The van der Waals surface area contributed by atoms with Crippen LogP contribution in [0.3, 0.4) is 0 Å². The minimum atomic E-state index is -1.57. The highest BCUT2D eigenvalue weighted by Gasteiger charge is 2.48. The molecule has 1 heterocycles. The van der Waals surface area contributed by atoms with E-state index in [0.29, 0.717) is 24.0 Å². The van der Waals surface area contributed by atoms with E-state index < -0.39 is 47.9 Å². The average molecular weight is 564 g/mol. The minimum Gasteiger partial charge on any atom is -0.453 e. The number of allylic oxidation sites excluding steroid dienone is 1. The largest absolute Gasteiger partial charge is 0.453 e. The van der Waals surface area contributed by atoms with Crippen LogP contribution < -0.4 is 0 Å². The van der Waals surface area contributed by atoms with E-state index in [1.54, 1.807) is 61.5 Å². The Labute approximate surface area is 240 Å². The number of benzene rings is 2. The van der Waals surface area contributed by atoms with Gasteiger partial charge in [0.15, 0.2) is 17.7 Å². The maximum atomic E-state index is 14.0. The Hall–Kier alpha value is -4.11. The molecule has 1 fully saturated rings. The maximum Gasteiger partial charge on any atom is 0.417 e. The van der Waals surface area contributed by atoms with E-state index in [2.05, 4.69) is 0 Å². The van der Waals surface area contributed by atoms with Crippen LogP contribution in [0, 0.1) is 5.92 Å². The first-order valence-electron chi connectivity index (χ1n) is 13.9. The van der Waals surface area contributed by atoms with Gasteiger partial charge in [0.25, 0.3) is 0 Å². The fourth-order valence-electron chi connectivity index (χ4n) is 4.85. The number of ether oxygens (including phenoxy) is 2. The smallest absolute Gasteiger partial charge is 0.417 e. The number of imide groups is 1. The molecule has 0 radical (unpaired) electrons. The number of ketones is 2. The van der Waals surface area contributed by atoms with Crippen LogP contribution in [0.5, 0.6) is 0 Å². The lowest BCUT2D eigenvalue weighted by molar-refractivity contribution is -0.158. The molecular formula is C32H37NO8. The molecule has 1 aliphatic heterocycles. The Morgan fingerprint density at radius 1 is 0.951 bits per heavy atom. The molecule has 4 unspecified atom stereocenters. The Morgan fingerprint density at radius 3 is 2.22 bits per heavy atom. The van der Waals surface area contributed by atoms with Crippen molar-refractivity contribution >= 4 is 29.5 Å². The van der Waals surface area contributed by atoms with Gasteiger partial charge in [-0.1, -0.05) is 73.5 Å². The Kier molecular flexibility index (Phi) is 12.0. The molecule has 0 spiro atoms. The fraction of sp³-hybridized carbons (Fsp3) is 0.406. The number of unbranched alkanes of at least 4 members (excludes halogenated alkanes) is 3. The molecule has 0 aromatic heterocycles. The van der Waals surface area contributed by atoms with Gasteiger partial charge in [-0.15, -0.1) is 0 Å². The summed E-state index contributed by atoms with van der Waals surface area (Å²) in [6.07, 6.45) is 2.11. The highest BCUT2D eigenvalue weighted by molar-refractivity contribution is 6.04. The maximum absolute atomic E-state index is 14.0. The van der Waals surface area contributed by atoms with Crippen LogP contribution in [0.1, 0.15) is 63.2 Å². The number of rotatable bonds is 15. The number of amides is 2. The highest BCUT2D eigenvalue weighted by atomic mass is 16.6. The average Bonchev–Trinajstić information content (AvgIpc) is 3.27. The number of nitrogens with zero attached hydrogens (tertiary/aromatic N) is 1. The van der Waals surface area contributed by atoms with Crippen LogP contribution in [-0.2, 0) is 35.1 Å². The normalized spacial score (nSPS) is 18.1. The van der Waals surface area contributed by atoms with Crippen molar-refractivity contribution in [3.05, 3.63) is 83.9 Å². The summed E-state index contributed by atoms with van der Waals surface area (Å²) in [5.74, 6) is -3.76. The van der Waals surface area contributed by atoms with Gasteiger partial charge in [-0.25, -0.2) is 9.69 Å². The second-order valence-corrected chi connectivity index (χ2v) is 10.1. The van der Waals surface area contributed by atoms with E-state index >= 15 is 0 Å². The van der Waals surface area contributed by atoms with Gasteiger partial charge >= 0.3 is 12.1 Å². The molecule has 0 saturated carbocycles. The van der Waals surface area contributed by atoms with E-state index in [1.165, 1.54) is 0 Å². The van der Waals surface area contributed by atoms with Gasteiger partial charge in [-0.3, -0.25) is 19.2 Å². The monoisotopic (exact) mass is 563 g/mol. The number of esters is 1. The minimum absolute atomic E-state index is 0.00249. The van der Waals surface area contributed by atoms with Crippen molar-refractivity contribution < 1.29 is 38.6 Å². The third-order valence-corrected chi connectivity index (χ3v) is 6.95. The molecule has 0 aliphatic carbocycles. The summed E-state index contributed by atoms with van der Waals surface area (Å²) in [5, 5.41) is 8.87. The quantitative estimate of drug-likeness (QED) is 0.190. The Bertz CT molecular complexity index is 1230. The van der Waals surface area contributed by atoms with Crippen molar-refractivity contribution in [2.75, 3.05) is 6.61 Å². The molecular weight excluding hydrogens is 526 g/mol. The van der Waals surface area contributed by atoms with Gasteiger partial charge in [0.2, 0.25) is 5.91 Å². The summed E-state index contributed by atoms with van der Waals surface area (Å²) < 4.78 is 10.9. The zero-order chi connectivity index (χ0) is 29.8. The standard InChI is InChI=1S/C32H37NO8/c1-22-29(25-15-9-6-10-16-25)41-32(39)33(22)31(38)27(21-24-13-7-5-8-14-24)30(40-23(2)35)28(37)19-18-26(36)17-11-3-4-12-20-34/h5-10,13-16,18-19,22,27,29-30,34H,3-4,11-12,17,20-21H2,1-2H3. The topological polar surface area (TPSA) is 127 Å². The summed E-state index contributed by atoms with van der Waals surface area (Å²) in [5.41, 5.74) is 1.41. The first-order valence-corrected chi connectivity index (χ1v) is 13.9. The number of hydrogen-bond donors (Lipinski definition) is 1. The lowest BCUT2D eigenvalue weighted by atomic mass is 9.89. The predicted molar refractivity (Wildman–Crippen MR) is 150 cm³/mol. The van der Waals surface area contributed by atoms with E-state index in [9.17, 15) is 24.0 Å². The van der Waals surface area contributed by atoms with Crippen LogP contribution in [-0.4, -0.2) is 58.3 Å². The van der Waals surface area contributed by atoms with Gasteiger partial charge in [0.05, 0.1) is 12.0 Å². The second-order valence-electron chi connectivity index (χ2n) is 10.1. The molecule has 1 N–H and O–H groups in total. The van der Waals surface area contributed by atoms with Crippen molar-refractivity contribution in [1.29, 1.82) is 0 Å². The Balaban J connectivity index is 1.86.